The minimum absolute atomic E-state index is 0.214. The van der Waals surface area contributed by atoms with E-state index in [1.165, 1.54) is 101 Å². The molecule has 0 aliphatic carbocycles. The maximum atomic E-state index is 2.63. The Kier molecular flexibility index (Phi) is 13.3. The zero-order valence-corrected chi connectivity index (χ0v) is 55.2. The van der Waals surface area contributed by atoms with E-state index in [1.54, 1.807) is 0 Å². The summed E-state index contributed by atoms with van der Waals surface area (Å²) in [6.45, 7) is -0.214. The van der Waals surface area contributed by atoms with Crippen LogP contribution < -0.4 is 67.7 Å². The topological polar surface area (TPSA) is 16.3 Å². The van der Waals surface area contributed by atoms with Crippen LogP contribution in [-0.2, 0) is 0 Å². The number of aromatic nitrogens is 2. The average molecular weight is 1270 g/mol. The number of nitrogens with zero attached hydrogens (tertiary/aromatic N) is 4. The van der Waals surface area contributed by atoms with Gasteiger partial charge in [-0.05, 0) is 143 Å². The first-order valence-corrected chi connectivity index (χ1v) is 37.7. The fraction of sp³-hybridized carbons (Fsp3) is 0. The fourth-order valence-corrected chi connectivity index (χ4v) is 27.1. The van der Waals surface area contributed by atoms with Crippen LogP contribution in [-0.4, -0.2) is 32.0 Å². The van der Waals surface area contributed by atoms with E-state index in [-0.39, 0.29) is 6.71 Å². The molecule has 0 saturated carbocycles. The third-order valence-corrected chi connectivity index (χ3v) is 30.6. The van der Waals surface area contributed by atoms with Crippen molar-refractivity contribution in [2.75, 3.05) is 9.80 Å². The lowest BCUT2D eigenvalue weighted by Gasteiger charge is -2.44. The molecule has 0 unspecified atom stereocenters. The average Bonchev–Trinajstić information content (AvgIpc) is 1.21. The van der Waals surface area contributed by atoms with E-state index in [1.807, 2.05) is 0 Å². The van der Waals surface area contributed by atoms with Gasteiger partial charge >= 0.3 is 0 Å². The maximum absolute atomic E-state index is 3.11. The van der Waals surface area contributed by atoms with E-state index in [9.17, 15) is 0 Å². The van der Waals surface area contributed by atoms with Crippen molar-refractivity contribution >= 4 is 158 Å². The van der Waals surface area contributed by atoms with E-state index in [2.05, 4.69) is 401 Å². The molecule has 4 heterocycles. The van der Waals surface area contributed by atoms with Crippen LogP contribution >= 0.6 is 0 Å². The summed E-state index contributed by atoms with van der Waals surface area (Å²) in [5.74, 6) is 0. The largest absolute Gasteiger partial charge is 0.311 e. The summed E-state index contributed by atoms with van der Waals surface area (Å²) in [6.07, 6.45) is 0. The highest BCUT2D eigenvalue weighted by molar-refractivity contribution is 7.21. The van der Waals surface area contributed by atoms with Crippen molar-refractivity contribution in [1.82, 2.24) is 9.13 Å². The van der Waals surface area contributed by atoms with Gasteiger partial charge in [0, 0.05) is 67.0 Å². The summed E-state index contributed by atoms with van der Waals surface area (Å²) < 4.78 is 5.26. The normalized spacial score (nSPS) is 12.7. The van der Waals surface area contributed by atoms with Gasteiger partial charge in [-0.2, -0.15) is 0 Å². The molecular formula is C90H63BN4Si2. The zero-order valence-electron chi connectivity index (χ0n) is 53.2. The van der Waals surface area contributed by atoms with Gasteiger partial charge in [0.15, 0.2) is 16.1 Å². The number of hydrogen-bond donors (Lipinski definition) is 0. The van der Waals surface area contributed by atoms with Crippen molar-refractivity contribution in [3.63, 3.8) is 0 Å². The summed E-state index contributed by atoms with van der Waals surface area (Å²) in [4.78, 5) is 5.06. The molecule has 19 rings (SSSR count). The van der Waals surface area contributed by atoms with Crippen molar-refractivity contribution in [3.8, 4) is 11.4 Å². The Morgan fingerprint density at radius 1 is 0.216 bits per heavy atom. The van der Waals surface area contributed by atoms with E-state index in [4.69, 9.17) is 0 Å². The Morgan fingerprint density at radius 3 is 0.845 bits per heavy atom. The van der Waals surface area contributed by atoms with Gasteiger partial charge in [0.1, 0.15) is 0 Å². The molecule has 0 radical (unpaired) electrons. The lowest BCUT2D eigenvalue weighted by molar-refractivity contribution is 1.17. The highest BCUT2D eigenvalue weighted by Crippen LogP contribution is 2.45. The molecule has 97 heavy (non-hydrogen) atoms. The highest BCUT2D eigenvalue weighted by atomic mass is 28.3. The van der Waals surface area contributed by atoms with Crippen LogP contribution in [0, 0.1) is 0 Å². The molecule has 0 N–H and O–H groups in total. The van der Waals surface area contributed by atoms with Crippen molar-refractivity contribution in [3.05, 3.63) is 382 Å². The Bertz CT molecular complexity index is 5280. The van der Waals surface area contributed by atoms with Crippen molar-refractivity contribution in [1.29, 1.82) is 0 Å². The quantitative estimate of drug-likeness (QED) is 0.0895. The molecule has 15 aromatic carbocycles. The second kappa shape index (κ2) is 22.9. The van der Waals surface area contributed by atoms with Crippen LogP contribution in [0.1, 0.15) is 0 Å². The Morgan fingerprint density at radius 2 is 0.505 bits per heavy atom. The number of hydrogen-bond acceptors (Lipinski definition) is 2. The molecule has 454 valence electrons. The van der Waals surface area contributed by atoms with Gasteiger partial charge in [0.25, 0.3) is 6.71 Å². The van der Waals surface area contributed by atoms with Gasteiger partial charge in [-0.3, -0.25) is 0 Å². The highest BCUT2D eigenvalue weighted by Gasteiger charge is 2.47. The number of rotatable bonds is 12. The van der Waals surface area contributed by atoms with Gasteiger partial charge in [-0.25, -0.2) is 0 Å². The predicted molar refractivity (Wildman–Crippen MR) is 416 cm³/mol. The summed E-state index contributed by atoms with van der Waals surface area (Å²) in [5.41, 5.74) is 17.6. The van der Waals surface area contributed by atoms with Crippen LogP contribution in [0.5, 0.6) is 0 Å². The monoisotopic (exact) mass is 1270 g/mol. The van der Waals surface area contributed by atoms with E-state index in [0.717, 1.165) is 45.5 Å². The summed E-state index contributed by atoms with van der Waals surface area (Å²) in [6, 6.07) is 145. The van der Waals surface area contributed by atoms with Crippen LogP contribution in [0.2, 0.25) is 0 Å². The van der Waals surface area contributed by atoms with Crippen LogP contribution in [0.4, 0.5) is 34.1 Å². The van der Waals surface area contributed by atoms with Crippen molar-refractivity contribution < 1.29 is 0 Å². The zero-order chi connectivity index (χ0) is 64.0. The number of para-hydroxylation sites is 6. The summed E-state index contributed by atoms with van der Waals surface area (Å²) in [7, 11) is -6.22. The van der Waals surface area contributed by atoms with Crippen LogP contribution in [0.25, 0.3) is 55.0 Å². The third kappa shape index (κ3) is 8.48. The molecule has 0 saturated heterocycles. The number of fused-ring (bicyclic) bond motifs is 10. The second-order valence-corrected chi connectivity index (χ2v) is 33.3. The van der Waals surface area contributed by atoms with E-state index in [0.29, 0.717) is 0 Å². The molecule has 0 bridgehead atoms. The lowest BCUT2D eigenvalue weighted by Crippen LogP contribution is -2.75. The van der Waals surface area contributed by atoms with Gasteiger partial charge in [0.05, 0.1) is 22.1 Å². The van der Waals surface area contributed by atoms with E-state index < -0.39 is 16.1 Å². The Hall–Kier alpha value is -12.0. The minimum atomic E-state index is -3.11. The lowest BCUT2D eigenvalue weighted by atomic mass is 9.33. The van der Waals surface area contributed by atoms with Gasteiger partial charge in [-0.1, -0.05) is 297 Å². The van der Waals surface area contributed by atoms with Gasteiger partial charge in [0.2, 0.25) is 0 Å². The van der Waals surface area contributed by atoms with Gasteiger partial charge < -0.3 is 18.9 Å². The molecule has 4 nitrogen and oxygen atoms in total. The SMILES string of the molecule is c1ccc(N2c3ccc(-n4c5ccccc5c5cccc([Si](c6ccccc6)(c6ccccc6)c6ccccc6)c54)cc3B3c4cc(-n5c6ccccc6c6cccc([Si](c7ccccc7)(c7ccccc7)c7ccccc7)c65)ccc4N(c4ccccc4)c4cccc2c43)cc1. The van der Waals surface area contributed by atoms with Crippen LogP contribution in [0.3, 0.4) is 0 Å². The standard InChI is InChI=1S/C90H63BN4Si2/c1-9-32-64(33-10-1)92-82-60-58-66(94-80-52-27-25-48-74(80)76-50-29-56-86(89(76)94)96(68-36-13-3-14-37-68,69-38-15-4-16-39-69)70-40-17-5-18-41-70)62-78(82)91-79-63-67(59-61-83(79)93(65-34-11-2-12-35-65)85-55-31-54-84(92)88(85)91)95-81-53-28-26-49-75(81)77-51-30-57-87(90(77)95)97(71-42-19-6-20-43-71,72-44-21-7-22-45-72)73-46-23-8-24-47-73/h1-63H. The molecule has 7 heteroatoms. The van der Waals surface area contributed by atoms with Crippen molar-refractivity contribution in [2.24, 2.45) is 0 Å². The fourth-order valence-electron chi connectivity index (χ4n) is 17.1. The number of benzene rings is 15. The van der Waals surface area contributed by atoms with E-state index >= 15 is 0 Å². The molecule has 0 atom stereocenters. The Balaban J connectivity index is 0.920. The third-order valence-electron chi connectivity index (χ3n) is 20.9. The molecule has 17 aromatic rings. The minimum Gasteiger partial charge on any atom is -0.311 e. The molecular weight excluding hydrogens is 1200 g/mol. The first-order valence-electron chi connectivity index (χ1n) is 33.7. The smallest absolute Gasteiger partial charge is 0.252 e. The van der Waals surface area contributed by atoms with Crippen molar-refractivity contribution in [2.45, 2.75) is 0 Å². The predicted octanol–water partition coefficient (Wildman–Crippen LogP) is 14.7. The maximum Gasteiger partial charge on any atom is 0.252 e. The first kappa shape index (κ1) is 56.5. The molecule has 2 aliphatic heterocycles. The van der Waals surface area contributed by atoms with Gasteiger partial charge in [-0.15, -0.1) is 0 Å². The molecule has 2 aromatic heterocycles. The molecule has 0 fully saturated rings. The second-order valence-electron chi connectivity index (χ2n) is 25.8. The molecule has 2 aliphatic rings. The molecule has 0 spiro atoms. The first-order chi connectivity index (χ1) is 48.2. The summed E-state index contributed by atoms with van der Waals surface area (Å²) >= 11 is 0. The van der Waals surface area contributed by atoms with Crippen LogP contribution in [0.15, 0.2) is 382 Å². The number of anilines is 6. The molecule has 0 amide bonds. The Labute approximate surface area is 567 Å². The summed E-state index contributed by atoms with van der Waals surface area (Å²) in [5, 5.41) is 15.6.